The van der Waals surface area contributed by atoms with Crippen LogP contribution in [0.4, 0.5) is 10.1 Å². The van der Waals surface area contributed by atoms with Crippen molar-refractivity contribution in [3.05, 3.63) is 54.0 Å². The fourth-order valence-electron chi connectivity index (χ4n) is 1.32. The van der Waals surface area contributed by atoms with E-state index in [1.165, 1.54) is 12.1 Å². The van der Waals surface area contributed by atoms with E-state index in [1.807, 2.05) is 31.9 Å². The van der Waals surface area contributed by atoms with Gasteiger partial charge >= 0.3 is 0 Å². The van der Waals surface area contributed by atoms with Gasteiger partial charge in [0.15, 0.2) is 0 Å². The van der Waals surface area contributed by atoms with Crippen LogP contribution in [-0.4, -0.2) is 7.05 Å². The Labute approximate surface area is 90.5 Å². The molecule has 1 nitrogen and oxygen atoms in total. The molecule has 2 heteroatoms. The third-order valence-electron chi connectivity index (χ3n) is 2.20. The van der Waals surface area contributed by atoms with Gasteiger partial charge in [-0.25, -0.2) is 4.39 Å². The summed E-state index contributed by atoms with van der Waals surface area (Å²) in [4.78, 5) is 1.99. The first-order chi connectivity index (χ1) is 7.00. The highest BCUT2D eigenvalue weighted by atomic mass is 19.1. The molecule has 80 valence electrons. The molecule has 0 atom stereocenters. The third-order valence-corrected chi connectivity index (χ3v) is 2.20. The van der Waals surface area contributed by atoms with Gasteiger partial charge in [-0.05, 0) is 44.2 Å². The molecule has 1 aromatic carbocycles. The molecule has 0 unspecified atom stereocenters. The Morgan fingerprint density at radius 3 is 2.27 bits per heavy atom. The average Bonchev–Trinajstić information content (AvgIpc) is 2.17. The maximum Gasteiger partial charge on any atom is 0.123 e. The van der Waals surface area contributed by atoms with Gasteiger partial charge in [-0.2, -0.15) is 0 Å². The van der Waals surface area contributed by atoms with E-state index < -0.39 is 0 Å². The highest BCUT2D eigenvalue weighted by molar-refractivity contribution is 5.51. The molecule has 0 saturated heterocycles. The molecule has 0 radical (unpaired) electrons. The van der Waals surface area contributed by atoms with Crippen LogP contribution >= 0.6 is 0 Å². The maximum atomic E-state index is 12.7. The van der Waals surface area contributed by atoms with Crippen LogP contribution in [0.25, 0.3) is 0 Å². The smallest absolute Gasteiger partial charge is 0.123 e. The highest BCUT2D eigenvalue weighted by Crippen LogP contribution is 2.17. The summed E-state index contributed by atoms with van der Waals surface area (Å²) in [6.07, 6.45) is 1.99. The first-order valence-corrected chi connectivity index (χ1v) is 4.84. The van der Waals surface area contributed by atoms with Gasteiger partial charge in [-0.1, -0.05) is 12.2 Å². The summed E-state index contributed by atoms with van der Waals surface area (Å²) in [5, 5.41) is 0. The van der Waals surface area contributed by atoms with Crippen LogP contribution in [0.1, 0.15) is 13.8 Å². The van der Waals surface area contributed by atoms with Crippen molar-refractivity contribution in [2.75, 3.05) is 11.9 Å². The standard InChI is InChI=1S/C13H16FN/c1-10(2)9-11(3)15(4)13-7-5-12(14)6-8-13/h5-9H,1H2,2-4H3/b11-9-. The fourth-order valence-corrected chi connectivity index (χ4v) is 1.32. The van der Waals surface area contributed by atoms with Crippen LogP contribution in [0.15, 0.2) is 48.2 Å². The molecule has 0 aliphatic rings. The quantitative estimate of drug-likeness (QED) is 0.679. The molecule has 0 aliphatic heterocycles. The molecular formula is C13H16FN. The van der Waals surface area contributed by atoms with Crippen molar-refractivity contribution in [2.45, 2.75) is 13.8 Å². The predicted octanol–water partition coefficient (Wildman–Crippen LogP) is 3.74. The summed E-state index contributed by atoms with van der Waals surface area (Å²) in [7, 11) is 1.95. The molecule has 0 N–H and O–H groups in total. The van der Waals surface area contributed by atoms with Crippen LogP contribution in [0.5, 0.6) is 0 Å². The number of hydrogen-bond acceptors (Lipinski definition) is 1. The van der Waals surface area contributed by atoms with E-state index in [9.17, 15) is 4.39 Å². The fraction of sp³-hybridized carbons (Fsp3) is 0.231. The molecular weight excluding hydrogens is 189 g/mol. The van der Waals surface area contributed by atoms with E-state index in [4.69, 9.17) is 0 Å². The topological polar surface area (TPSA) is 3.24 Å². The lowest BCUT2D eigenvalue weighted by atomic mass is 10.2. The molecule has 0 fully saturated rings. The largest absolute Gasteiger partial charge is 0.348 e. The molecule has 0 bridgehead atoms. The first kappa shape index (κ1) is 11.5. The van der Waals surface area contributed by atoms with E-state index in [0.717, 1.165) is 17.0 Å². The van der Waals surface area contributed by atoms with Gasteiger partial charge < -0.3 is 4.90 Å². The van der Waals surface area contributed by atoms with E-state index in [1.54, 1.807) is 12.1 Å². The van der Waals surface area contributed by atoms with Crippen molar-refractivity contribution in [3.63, 3.8) is 0 Å². The first-order valence-electron chi connectivity index (χ1n) is 4.84. The van der Waals surface area contributed by atoms with Crippen molar-refractivity contribution in [3.8, 4) is 0 Å². The summed E-state index contributed by atoms with van der Waals surface area (Å²) in [5.41, 5.74) is 3.04. The Bertz CT molecular complexity index is 376. The lowest BCUT2D eigenvalue weighted by molar-refractivity contribution is 0.628. The third kappa shape index (κ3) is 3.24. The normalized spacial score (nSPS) is 11.3. The van der Waals surface area contributed by atoms with Gasteiger partial charge in [-0.15, -0.1) is 0 Å². The van der Waals surface area contributed by atoms with Crippen LogP contribution in [0.2, 0.25) is 0 Å². The zero-order valence-electron chi connectivity index (χ0n) is 9.42. The Morgan fingerprint density at radius 2 is 1.80 bits per heavy atom. The number of rotatable bonds is 3. The Balaban J connectivity index is 2.89. The molecule has 1 rings (SSSR count). The number of halogens is 1. The molecule has 0 amide bonds. The summed E-state index contributed by atoms with van der Waals surface area (Å²) < 4.78 is 12.7. The number of anilines is 1. The molecule has 0 heterocycles. The zero-order valence-corrected chi connectivity index (χ0v) is 9.42. The van der Waals surface area contributed by atoms with E-state index >= 15 is 0 Å². The molecule has 0 spiro atoms. The molecule has 1 aromatic rings. The SMILES string of the molecule is C=C(C)/C=C(/C)N(C)c1ccc(F)cc1. The Hall–Kier alpha value is -1.57. The van der Waals surface area contributed by atoms with Gasteiger partial charge in [0, 0.05) is 18.4 Å². The summed E-state index contributed by atoms with van der Waals surface area (Å²) in [6, 6.07) is 6.43. The van der Waals surface area contributed by atoms with Gasteiger partial charge in [0.05, 0.1) is 0 Å². The second-order valence-corrected chi connectivity index (χ2v) is 3.67. The lowest BCUT2D eigenvalue weighted by Gasteiger charge is -2.20. The maximum absolute atomic E-state index is 12.7. The number of benzene rings is 1. The second kappa shape index (κ2) is 4.78. The highest BCUT2D eigenvalue weighted by Gasteiger charge is 2.02. The molecule has 15 heavy (non-hydrogen) atoms. The number of nitrogens with zero attached hydrogens (tertiary/aromatic N) is 1. The lowest BCUT2D eigenvalue weighted by Crippen LogP contribution is -2.14. The van der Waals surface area contributed by atoms with Gasteiger partial charge in [0.1, 0.15) is 5.82 Å². The predicted molar refractivity (Wildman–Crippen MR) is 63.4 cm³/mol. The summed E-state index contributed by atoms with van der Waals surface area (Å²) in [6.45, 7) is 7.77. The van der Waals surface area contributed by atoms with Crippen LogP contribution in [-0.2, 0) is 0 Å². The van der Waals surface area contributed by atoms with Crippen LogP contribution < -0.4 is 4.90 Å². The van der Waals surface area contributed by atoms with Crippen molar-refractivity contribution >= 4 is 5.69 Å². The van der Waals surface area contributed by atoms with Gasteiger partial charge in [-0.3, -0.25) is 0 Å². The minimum atomic E-state index is -0.214. The monoisotopic (exact) mass is 205 g/mol. The van der Waals surface area contributed by atoms with Crippen molar-refractivity contribution in [1.82, 2.24) is 0 Å². The minimum absolute atomic E-state index is 0.214. The summed E-state index contributed by atoms with van der Waals surface area (Å²) >= 11 is 0. The molecule has 0 aromatic heterocycles. The van der Waals surface area contributed by atoms with Crippen molar-refractivity contribution in [1.29, 1.82) is 0 Å². The van der Waals surface area contributed by atoms with Gasteiger partial charge in [0.25, 0.3) is 0 Å². The second-order valence-electron chi connectivity index (χ2n) is 3.67. The molecule has 0 saturated carbocycles. The average molecular weight is 205 g/mol. The van der Waals surface area contributed by atoms with Gasteiger partial charge in [0.2, 0.25) is 0 Å². The van der Waals surface area contributed by atoms with Crippen molar-refractivity contribution < 1.29 is 4.39 Å². The zero-order chi connectivity index (χ0) is 11.4. The Morgan fingerprint density at radius 1 is 1.27 bits per heavy atom. The van der Waals surface area contributed by atoms with Crippen LogP contribution in [0, 0.1) is 5.82 Å². The van der Waals surface area contributed by atoms with Crippen LogP contribution in [0.3, 0.4) is 0 Å². The Kier molecular flexibility index (Phi) is 3.67. The van der Waals surface area contributed by atoms with E-state index in [2.05, 4.69) is 6.58 Å². The van der Waals surface area contributed by atoms with Crippen molar-refractivity contribution in [2.24, 2.45) is 0 Å². The summed E-state index contributed by atoms with van der Waals surface area (Å²) in [5.74, 6) is -0.214. The van der Waals surface area contributed by atoms with E-state index in [-0.39, 0.29) is 5.82 Å². The molecule has 0 aliphatic carbocycles. The minimum Gasteiger partial charge on any atom is -0.348 e. The number of allylic oxidation sites excluding steroid dienone is 3. The van der Waals surface area contributed by atoms with E-state index in [0.29, 0.717) is 0 Å². The number of hydrogen-bond donors (Lipinski definition) is 0.